The van der Waals surface area contributed by atoms with Gasteiger partial charge in [0.15, 0.2) is 5.82 Å². The first kappa shape index (κ1) is 15.2. The van der Waals surface area contributed by atoms with Gasteiger partial charge in [-0.05, 0) is 18.2 Å². The van der Waals surface area contributed by atoms with E-state index in [4.69, 9.17) is 0 Å². The monoisotopic (exact) mass is 341 g/mol. The van der Waals surface area contributed by atoms with Crippen LogP contribution in [-0.4, -0.2) is 10.9 Å². The van der Waals surface area contributed by atoms with Crippen molar-refractivity contribution in [2.24, 2.45) is 0 Å². The van der Waals surface area contributed by atoms with Crippen LogP contribution in [0.5, 0.6) is 0 Å². The topological polar surface area (TPSA) is 54.0 Å². The van der Waals surface area contributed by atoms with Gasteiger partial charge in [-0.3, -0.25) is 15.6 Å². The molecule has 23 heavy (non-hydrogen) atoms. The lowest BCUT2D eigenvalue weighted by Crippen LogP contribution is -2.30. The Labute approximate surface area is 130 Å². The smallest absolute Gasteiger partial charge is 0.273 e. The largest absolute Gasteiger partial charge is 0.275 e. The average molecular weight is 341 g/mol. The van der Waals surface area contributed by atoms with Gasteiger partial charge in [-0.1, -0.05) is 17.4 Å². The first-order valence-electron chi connectivity index (χ1n) is 6.21. The third kappa shape index (κ3) is 2.95. The van der Waals surface area contributed by atoms with Crippen molar-refractivity contribution in [3.05, 3.63) is 59.2 Å². The Balaban J connectivity index is 1.81. The zero-order valence-electron chi connectivity index (χ0n) is 11.2. The van der Waals surface area contributed by atoms with Crippen LogP contribution in [0.15, 0.2) is 30.3 Å². The SMILES string of the molecule is O=C(NNc1nc2c(F)cc(F)cc2s1)c1c(F)cccc1F. The molecule has 1 amide bonds. The fraction of sp³-hybridized carbons (Fsp3) is 0. The van der Waals surface area contributed by atoms with Crippen LogP contribution in [0.1, 0.15) is 10.4 Å². The van der Waals surface area contributed by atoms with Crippen LogP contribution in [0.2, 0.25) is 0 Å². The van der Waals surface area contributed by atoms with E-state index in [1.54, 1.807) is 0 Å². The molecule has 9 heteroatoms. The number of anilines is 1. The van der Waals surface area contributed by atoms with Crippen molar-refractivity contribution in [2.75, 3.05) is 5.43 Å². The molecule has 0 spiro atoms. The van der Waals surface area contributed by atoms with Gasteiger partial charge in [0.25, 0.3) is 5.91 Å². The minimum atomic E-state index is -1.06. The maximum atomic E-state index is 13.5. The number of halogens is 4. The Morgan fingerprint density at radius 2 is 1.74 bits per heavy atom. The molecule has 2 aromatic carbocycles. The van der Waals surface area contributed by atoms with E-state index in [-0.39, 0.29) is 15.3 Å². The molecule has 4 nitrogen and oxygen atoms in total. The van der Waals surface area contributed by atoms with Gasteiger partial charge in [-0.25, -0.2) is 22.5 Å². The van der Waals surface area contributed by atoms with E-state index in [0.29, 0.717) is 6.07 Å². The van der Waals surface area contributed by atoms with E-state index in [1.165, 1.54) is 0 Å². The lowest BCUT2D eigenvalue weighted by Gasteiger charge is -2.06. The van der Waals surface area contributed by atoms with Crippen LogP contribution < -0.4 is 10.9 Å². The van der Waals surface area contributed by atoms with E-state index >= 15 is 0 Å². The van der Waals surface area contributed by atoms with Crippen molar-refractivity contribution < 1.29 is 22.4 Å². The van der Waals surface area contributed by atoms with Gasteiger partial charge in [-0.15, -0.1) is 0 Å². The predicted molar refractivity (Wildman–Crippen MR) is 77.0 cm³/mol. The Morgan fingerprint density at radius 3 is 2.43 bits per heavy atom. The molecule has 0 unspecified atom stereocenters. The highest BCUT2D eigenvalue weighted by molar-refractivity contribution is 7.22. The van der Waals surface area contributed by atoms with Gasteiger partial charge in [0.1, 0.15) is 28.5 Å². The number of hydrogen-bond acceptors (Lipinski definition) is 4. The fourth-order valence-corrected chi connectivity index (χ4v) is 2.76. The summed E-state index contributed by atoms with van der Waals surface area (Å²) in [4.78, 5) is 15.6. The Hall–Kier alpha value is -2.68. The summed E-state index contributed by atoms with van der Waals surface area (Å²) in [5.74, 6) is -4.73. The number of carbonyl (C=O) groups is 1. The number of rotatable bonds is 3. The molecule has 0 bridgehead atoms. The molecule has 0 aliphatic rings. The Kier molecular flexibility index (Phi) is 3.87. The first-order valence-corrected chi connectivity index (χ1v) is 7.03. The maximum Gasteiger partial charge on any atom is 0.275 e. The third-order valence-electron chi connectivity index (χ3n) is 2.89. The number of hydrazine groups is 1. The van der Waals surface area contributed by atoms with E-state index in [9.17, 15) is 22.4 Å². The minimum Gasteiger partial charge on any atom is -0.273 e. The zero-order chi connectivity index (χ0) is 16.6. The maximum absolute atomic E-state index is 13.5. The highest BCUT2D eigenvalue weighted by Crippen LogP contribution is 2.28. The molecular formula is C14H7F4N3OS. The molecule has 0 fully saturated rings. The molecule has 2 N–H and O–H groups in total. The molecule has 0 aliphatic heterocycles. The molecule has 1 aromatic heterocycles. The second-order valence-electron chi connectivity index (χ2n) is 4.43. The minimum absolute atomic E-state index is 0.0367. The number of aromatic nitrogens is 1. The predicted octanol–water partition coefficient (Wildman–Crippen LogP) is 3.61. The lowest BCUT2D eigenvalue weighted by atomic mass is 10.2. The van der Waals surface area contributed by atoms with Crippen molar-refractivity contribution in [3.63, 3.8) is 0 Å². The van der Waals surface area contributed by atoms with Crippen molar-refractivity contribution in [1.82, 2.24) is 10.4 Å². The highest BCUT2D eigenvalue weighted by atomic mass is 32.1. The summed E-state index contributed by atoms with van der Waals surface area (Å²) in [6.07, 6.45) is 0. The van der Waals surface area contributed by atoms with Gasteiger partial charge in [0.2, 0.25) is 5.13 Å². The van der Waals surface area contributed by atoms with Gasteiger partial charge >= 0.3 is 0 Å². The normalized spacial score (nSPS) is 10.8. The van der Waals surface area contributed by atoms with Crippen LogP contribution >= 0.6 is 11.3 Å². The molecular weight excluding hydrogens is 334 g/mol. The van der Waals surface area contributed by atoms with Gasteiger partial charge in [0, 0.05) is 6.07 Å². The van der Waals surface area contributed by atoms with Crippen molar-refractivity contribution in [1.29, 1.82) is 0 Å². The van der Waals surface area contributed by atoms with Crippen molar-refractivity contribution in [2.45, 2.75) is 0 Å². The van der Waals surface area contributed by atoms with Gasteiger partial charge in [-0.2, -0.15) is 0 Å². The zero-order valence-corrected chi connectivity index (χ0v) is 12.0. The number of nitrogens with one attached hydrogen (secondary N) is 2. The summed E-state index contributed by atoms with van der Waals surface area (Å²) in [6.45, 7) is 0. The Bertz CT molecular complexity index is 892. The van der Waals surface area contributed by atoms with E-state index in [1.807, 2.05) is 0 Å². The van der Waals surface area contributed by atoms with Crippen LogP contribution in [0.3, 0.4) is 0 Å². The molecule has 0 saturated heterocycles. The van der Waals surface area contributed by atoms with E-state index in [2.05, 4.69) is 15.8 Å². The summed E-state index contributed by atoms with van der Waals surface area (Å²) in [7, 11) is 0. The summed E-state index contributed by atoms with van der Waals surface area (Å²) in [6, 6.07) is 4.76. The molecule has 0 saturated carbocycles. The third-order valence-corrected chi connectivity index (χ3v) is 3.80. The van der Waals surface area contributed by atoms with Crippen LogP contribution in [-0.2, 0) is 0 Å². The molecule has 0 radical (unpaired) electrons. The molecule has 0 atom stereocenters. The van der Waals surface area contributed by atoms with Crippen molar-refractivity contribution in [3.8, 4) is 0 Å². The molecule has 3 rings (SSSR count). The average Bonchev–Trinajstić information content (AvgIpc) is 2.88. The summed E-state index contributed by atoms with van der Waals surface area (Å²) in [5, 5.41) is 0.0367. The van der Waals surface area contributed by atoms with Gasteiger partial charge < -0.3 is 0 Å². The van der Waals surface area contributed by atoms with Crippen LogP contribution in [0, 0.1) is 23.3 Å². The summed E-state index contributed by atoms with van der Waals surface area (Å²) >= 11 is 0.867. The van der Waals surface area contributed by atoms with Gasteiger partial charge in [0.05, 0.1) is 4.70 Å². The number of carbonyl (C=O) groups excluding carboxylic acids is 1. The summed E-state index contributed by atoms with van der Waals surface area (Å²) in [5.41, 5.74) is 3.53. The number of fused-ring (bicyclic) bond motifs is 1. The summed E-state index contributed by atoms with van der Waals surface area (Å²) < 4.78 is 53.8. The van der Waals surface area contributed by atoms with Crippen molar-refractivity contribution >= 4 is 32.6 Å². The standard InChI is InChI=1S/C14H7F4N3OS/c15-6-4-9(18)12-10(5-6)23-14(19-12)21-20-13(22)11-7(16)2-1-3-8(11)17/h1-5H,(H,19,21)(H,20,22). The molecule has 118 valence electrons. The van der Waals surface area contributed by atoms with Crippen LogP contribution in [0.4, 0.5) is 22.7 Å². The second kappa shape index (κ2) is 5.84. The molecule has 0 aliphatic carbocycles. The quantitative estimate of drug-likeness (QED) is 0.565. The van der Waals surface area contributed by atoms with Crippen LogP contribution in [0.25, 0.3) is 10.2 Å². The number of benzene rings is 2. The highest BCUT2D eigenvalue weighted by Gasteiger charge is 2.17. The second-order valence-corrected chi connectivity index (χ2v) is 5.46. The number of amides is 1. The number of nitrogens with zero attached hydrogens (tertiary/aromatic N) is 1. The van der Waals surface area contributed by atoms with E-state index < -0.39 is 34.7 Å². The first-order chi connectivity index (χ1) is 11.0. The fourth-order valence-electron chi connectivity index (χ4n) is 1.90. The molecule has 3 aromatic rings. The molecule has 1 heterocycles. The Morgan fingerprint density at radius 1 is 1.04 bits per heavy atom. The number of hydrogen-bond donors (Lipinski definition) is 2. The van der Waals surface area contributed by atoms with E-state index in [0.717, 1.165) is 35.6 Å². The number of thiazole rings is 1. The lowest BCUT2D eigenvalue weighted by molar-refractivity contribution is 0.0954.